The highest BCUT2D eigenvalue weighted by molar-refractivity contribution is 7.90. The predicted octanol–water partition coefficient (Wildman–Crippen LogP) is 4.62. The maximum atomic E-state index is 12.9. The molecule has 26 heavy (non-hydrogen) atoms. The molecule has 0 heterocycles. The largest absolute Gasteiger partial charge is 0.416 e. The SMILES string of the molecule is Cc1c(NCCCCCNS(=O)(=O)C(C)(C)C)ccc(C(F)(F)F)c1C. The van der Waals surface area contributed by atoms with E-state index in [4.69, 9.17) is 0 Å². The van der Waals surface area contributed by atoms with E-state index in [-0.39, 0.29) is 5.56 Å². The minimum atomic E-state index is -4.34. The molecule has 0 aliphatic carbocycles. The molecule has 0 bridgehead atoms. The van der Waals surface area contributed by atoms with Crippen LogP contribution in [-0.4, -0.2) is 26.3 Å². The molecule has 1 rings (SSSR count). The molecule has 0 aromatic heterocycles. The Kier molecular flexibility index (Phi) is 7.53. The summed E-state index contributed by atoms with van der Waals surface area (Å²) in [6, 6.07) is 2.56. The number of hydrogen-bond acceptors (Lipinski definition) is 3. The van der Waals surface area contributed by atoms with Crippen molar-refractivity contribution in [2.75, 3.05) is 18.4 Å². The van der Waals surface area contributed by atoms with Gasteiger partial charge in [-0.25, -0.2) is 13.1 Å². The van der Waals surface area contributed by atoms with Gasteiger partial charge in [0.2, 0.25) is 10.0 Å². The third-order valence-electron chi connectivity index (χ3n) is 4.36. The molecule has 0 amide bonds. The van der Waals surface area contributed by atoms with Gasteiger partial charge in [0.05, 0.1) is 10.3 Å². The van der Waals surface area contributed by atoms with Crippen LogP contribution in [0.1, 0.15) is 56.7 Å². The highest BCUT2D eigenvalue weighted by Crippen LogP contribution is 2.35. The molecule has 0 atom stereocenters. The zero-order chi connectivity index (χ0) is 20.2. The Bertz CT molecular complexity index is 708. The standard InChI is InChI=1S/C18H29F3N2O2S/c1-13-14(2)16(10-9-15(13)18(19,20)21)22-11-7-6-8-12-23-26(24,25)17(3,4)5/h9-10,22-23H,6-8,11-12H2,1-5H3. The number of sulfonamides is 1. The highest BCUT2D eigenvalue weighted by Gasteiger charge is 2.33. The van der Waals surface area contributed by atoms with Gasteiger partial charge in [0, 0.05) is 18.8 Å². The topological polar surface area (TPSA) is 58.2 Å². The fourth-order valence-corrected chi connectivity index (χ4v) is 3.24. The summed E-state index contributed by atoms with van der Waals surface area (Å²) in [6.45, 7) is 9.10. The van der Waals surface area contributed by atoms with Crippen molar-refractivity contribution in [3.8, 4) is 0 Å². The Morgan fingerprint density at radius 3 is 2.04 bits per heavy atom. The molecule has 150 valence electrons. The van der Waals surface area contributed by atoms with E-state index in [9.17, 15) is 21.6 Å². The first-order valence-corrected chi connectivity index (χ1v) is 10.2. The molecule has 0 saturated heterocycles. The molecule has 0 aliphatic heterocycles. The van der Waals surface area contributed by atoms with E-state index in [1.54, 1.807) is 27.7 Å². The van der Waals surface area contributed by atoms with Crippen LogP contribution in [0, 0.1) is 13.8 Å². The van der Waals surface area contributed by atoms with Gasteiger partial charge in [0.25, 0.3) is 0 Å². The van der Waals surface area contributed by atoms with Gasteiger partial charge >= 0.3 is 6.18 Å². The molecule has 1 aromatic carbocycles. The van der Waals surface area contributed by atoms with Crippen LogP contribution in [0.15, 0.2) is 12.1 Å². The lowest BCUT2D eigenvalue weighted by Crippen LogP contribution is -2.39. The van der Waals surface area contributed by atoms with E-state index in [0.29, 0.717) is 30.8 Å². The van der Waals surface area contributed by atoms with Crippen molar-refractivity contribution in [2.24, 2.45) is 0 Å². The Hall–Kier alpha value is -1.28. The van der Waals surface area contributed by atoms with Gasteiger partial charge in [-0.3, -0.25) is 0 Å². The van der Waals surface area contributed by atoms with Gasteiger partial charge in [-0.1, -0.05) is 6.42 Å². The van der Waals surface area contributed by atoms with Crippen molar-refractivity contribution in [2.45, 2.75) is 64.8 Å². The summed E-state index contributed by atoms with van der Waals surface area (Å²) < 4.78 is 64.2. The smallest absolute Gasteiger partial charge is 0.385 e. The van der Waals surface area contributed by atoms with Crippen molar-refractivity contribution in [1.29, 1.82) is 0 Å². The Morgan fingerprint density at radius 1 is 0.923 bits per heavy atom. The fraction of sp³-hybridized carbons (Fsp3) is 0.667. The third kappa shape index (κ3) is 6.16. The minimum absolute atomic E-state index is 0.235. The number of nitrogens with one attached hydrogen (secondary N) is 2. The number of unbranched alkanes of at least 4 members (excludes halogenated alkanes) is 2. The molecule has 0 unspecified atom stereocenters. The third-order valence-corrected chi connectivity index (χ3v) is 6.56. The average Bonchev–Trinajstić information content (AvgIpc) is 2.47. The van der Waals surface area contributed by atoms with Gasteiger partial charge < -0.3 is 5.32 Å². The highest BCUT2D eigenvalue weighted by atomic mass is 32.2. The van der Waals surface area contributed by atoms with Gasteiger partial charge in [-0.15, -0.1) is 0 Å². The molecular formula is C18H29F3N2O2S. The second-order valence-corrected chi connectivity index (χ2v) is 9.93. The van der Waals surface area contributed by atoms with Crippen LogP contribution in [0.3, 0.4) is 0 Å². The molecule has 0 fully saturated rings. The first-order valence-electron chi connectivity index (χ1n) is 8.68. The van der Waals surface area contributed by atoms with Crippen LogP contribution in [0.5, 0.6) is 0 Å². The van der Waals surface area contributed by atoms with Crippen LogP contribution in [0.25, 0.3) is 0 Å². The van der Waals surface area contributed by atoms with Crippen molar-refractivity contribution < 1.29 is 21.6 Å². The van der Waals surface area contributed by atoms with Crippen molar-refractivity contribution >= 4 is 15.7 Å². The van der Waals surface area contributed by atoms with Crippen LogP contribution < -0.4 is 10.0 Å². The van der Waals surface area contributed by atoms with E-state index in [2.05, 4.69) is 10.0 Å². The first kappa shape index (κ1) is 22.8. The zero-order valence-electron chi connectivity index (χ0n) is 16.0. The molecule has 2 N–H and O–H groups in total. The molecule has 0 aliphatic rings. The summed E-state index contributed by atoms with van der Waals surface area (Å²) in [5.41, 5.74) is 0.924. The number of hydrogen-bond donors (Lipinski definition) is 2. The maximum absolute atomic E-state index is 12.9. The van der Waals surface area contributed by atoms with Gasteiger partial charge in [-0.05, 0) is 70.7 Å². The van der Waals surface area contributed by atoms with Crippen molar-refractivity contribution in [3.63, 3.8) is 0 Å². The van der Waals surface area contributed by atoms with Crippen molar-refractivity contribution in [3.05, 3.63) is 28.8 Å². The van der Waals surface area contributed by atoms with Crippen LogP contribution in [-0.2, 0) is 16.2 Å². The van der Waals surface area contributed by atoms with E-state index >= 15 is 0 Å². The normalized spacial score (nSPS) is 13.1. The summed E-state index contributed by atoms with van der Waals surface area (Å²) in [5.74, 6) is 0. The fourth-order valence-electron chi connectivity index (χ4n) is 2.39. The van der Waals surface area contributed by atoms with Crippen LogP contribution in [0.4, 0.5) is 18.9 Å². The monoisotopic (exact) mass is 394 g/mol. The lowest BCUT2D eigenvalue weighted by atomic mass is 10.0. The van der Waals surface area contributed by atoms with Crippen molar-refractivity contribution in [1.82, 2.24) is 4.72 Å². The Labute approximate surface area is 154 Å². The van der Waals surface area contributed by atoms with Crippen LogP contribution >= 0.6 is 0 Å². The number of anilines is 1. The number of alkyl halides is 3. The van der Waals surface area contributed by atoms with Crippen LogP contribution in [0.2, 0.25) is 0 Å². The molecule has 0 saturated carbocycles. The second-order valence-electron chi connectivity index (χ2n) is 7.41. The molecular weight excluding hydrogens is 365 g/mol. The molecule has 4 nitrogen and oxygen atoms in total. The average molecular weight is 395 g/mol. The lowest BCUT2D eigenvalue weighted by molar-refractivity contribution is -0.138. The number of benzene rings is 1. The van der Waals surface area contributed by atoms with Gasteiger partial charge in [-0.2, -0.15) is 13.2 Å². The summed E-state index contributed by atoms with van der Waals surface area (Å²) in [5, 5.41) is 3.16. The molecule has 0 spiro atoms. The summed E-state index contributed by atoms with van der Waals surface area (Å²) in [4.78, 5) is 0. The maximum Gasteiger partial charge on any atom is 0.416 e. The van der Waals surface area contributed by atoms with E-state index in [1.807, 2.05) is 0 Å². The Balaban J connectivity index is 2.41. The number of halogens is 3. The summed E-state index contributed by atoms with van der Waals surface area (Å²) in [7, 11) is -3.32. The van der Waals surface area contributed by atoms with E-state index < -0.39 is 26.5 Å². The summed E-state index contributed by atoms with van der Waals surface area (Å²) >= 11 is 0. The van der Waals surface area contributed by atoms with Gasteiger partial charge in [0.1, 0.15) is 0 Å². The summed E-state index contributed by atoms with van der Waals surface area (Å²) in [6.07, 6.45) is -2.01. The van der Waals surface area contributed by atoms with E-state index in [0.717, 1.165) is 18.9 Å². The molecule has 0 radical (unpaired) electrons. The minimum Gasteiger partial charge on any atom is -0.385 e. The zero-order valence-corrected chi connectivity index (χ0v) is 16.9. The predicted molar refractivity (Wildman–Crippen MR) is 99.9 cm³/mol. The molecule has 1 aromatic rings. The van der Waals surface area contributed by atoms with E-state index in [1.165, 1.54) is 13.0 Å². The molecule has 8 heteroatoms. The lowest BCUT2D eigenvalue weighted by Gasteiger charge is -2.19. The quantitative estimate of drug-likeness (QED) is 0.633. The second kappa shape index (κ2) is 8.61. The first-order chi connectivity index (χ1) is 11.8. The Morgan fingerprint density at radius 2 is 1.50 bits per heavy atom. The van der Waals surface area contributed by atoms with Gasteiger partial charge in [0.15, 0.2) is 0 Å². The number of rotatable bonds is 8.